The van der Waals surface area contributed by atoms with Crippen LogP contribution in [0.1, 0.15) is 62.6 Å². The SMILES string of the molecule is CCCNC(CC1=CCCCC1)c1cccc(C)c1. The Kier molecular flexibility index (Phi) is 5.65. The fraction of sp³-hybridized carbons (Fsp3) is 0.556. The molecule has 0 aliphatic heterocycles. The van der Waals surface area contributed by atoms with E-state index in [0.717, 1.165) is 6.54 Å². The summed E-state index contributed by atoms with van der Waals surface area (Å²) in [7, 11) is 0. The molecule has 1 aromatic carbocycles. The number of hydrogen-bond donors (Lipinski definition) is 1. The molecule has 1 unspecified atom stereocenters. The molecular formula is C18H27N. The Labute approximate surface area is 118 Å². The highest BCUT2D eigenvalue weighted by Gasteiger charge is 2.14. The average molecular weight is 257 g/mol. The van der Waals surface area contributed by atoms with Crippen LogP contribution in [0, 0.1) is 6.92 Å². The summed E-state index contributed by atoms with van der Waals surface area (Å²) >= 11 is 0. The molecule has 0 fully saturated rings. The Morgan fingerprint density at radius 3 is 2.84 bits per heavy atom. The number of allylic oxidation sites excluding steroid dienone is 1. The summed E-state index contributed by atoms with van der Waals surface area (Å²) in [5, 5.41) is 3.72. The van der Waals surface area contributed by atoms with Crippen molar-refractivity contribution in [3.8, 4) is 0 Å². The van der Waals surface area contributed by atoms with Crippen molar-refractivity contribution in [2.45, 2.75) is 58.4 Å². The van der Waals surface area contributed by atoms with Crippen molar-refractivity contribution < 1.29 is 0 Å². The van der Waals surface area contributed by atoms with Crippen molar-refractivity contribution in [1.82, 2.24) is 5.32 Å². The summed E-state index contributed by atoms with van der Waals surface area (Å²) < 4.78 is 0. The summed E-state index contributed by atoms with van der Waals surface area (Å²) in [6.45, 7) is 5.52. The minimum Gasteiger partial charge on any atom is -0.310 e. The number of aryl methyl sites for hydroxylation is 1. The van der Waals surface area contributed by atoms with Crippen molar-refractivity contribution in [2.24, 2.45) is 0 Å². The predicted molar refractivity (Wildman–Crippen MR) is 83.4 cm³/mol. The van der Waals surface area contributed by atoms with Crippen LogP contribution in [-0.4, -0.2) is 6.54 Å². The van der Waals surface area contributed by atoms with E-state index >= 15 is 0 Å². The van der Waals surface area contributed by atoms with Crippen LogP contribution in [0.4, 0.5) is 0 Å². The number of rotatable bonds is 6. The van der Waals surface area contributed by atoms with Crippen LogP contribution in [0.25, 0.3) is 0 Å². The molecule has 1 aliphatic carbocycles. The van der Waals surface area contributed by atoms with Gasteiger partial charge >= 0.3 is 0 Å². The van der Waals surface area contributed by atoms with Gasteiger partial charge in [-0.05, 0) is 57.6 Å². The largest absolute Gasteiger partial charge is 0.310 e. The van der Waals surface area contributed by atoms with Gasteiger partial charge in [0.05, 0.1) is 0 Å². The van der Waals surface area contributed by atoms with E-state index in [4.69, 9.17) is 0 Å². The minimum atomic E-state index is 0.490. The summed E-state index contributed by atoms with van der Waals surface area (Å²) in [5.74, 6) is 0. The molecule has 1 nitrogen and oxygen atoms in total. The van der Waals surface area contributed by atoms with Crippen LogP contribution in [0.15, 0.2) is 35.9 Å². The first-order chi connectivity index (χ1) is 9.29. The molecule has 0 amide bonds. The van der Waals surface area contributed by atoms with Crippen molar-refractivity contribution in [2.75, 3.05) is 6.54 Å². The van der Waals surface area contributed by atoms with Gasteiger partial charge in [-0.25, -0.2) is 0 Å². The first-order valence-corrected chi connectivity index (χ1v) is 7.77. The predicted octanol–water partition coefficient (Wildman–Crippen LogP) is 4.93. The Morgan fingerprint density at radius 2 is 2.16 bits per heavy atom. The van der Waals surface area contributed by atoms with E-state index in [0.29, 0.717) is 6.04 Å². The highest BCUT2D eigenvalue weighted by molar-refractivity contribution is 5.26. The van der Waals surface area contributed by atoms with E-state index in [1.54, 1.807) is 5.57 Å². The molecule has 0 saturated carbocycles. The van der Waals surface area contributed by atoms with E-state index < -0.39 is 0 Å². The molecular weight excluding hydrogens is 230 g/mol. The Bertz CT molecular complexity index is 419. The number of hydrogen-bond acceptors (Lipinski definition) is 1. The highest BCUT2D eigenvalue weighted by Crippen LogP contribution is 2.28. The summed E-state index contributed by atoms with van der Waals surface area (Å²) in [4.78, 5) is 0. The number of benzene rings is 1. The van der Waals surface area contributed by atoms with Gasteiger partial charge in [0, 0.05) is 6.04 Å². The molecule has 1 N–H and O–H groups in total. The first-order valence-electron chi connectivity index (χ1n) is 7.77. The van der Waals surface area contributed by atoms with Gasteiger partial charge in [-0.15, -0.1) is 0 Å². The monoisotopic (exact) mass is 257 g/mol. The van der Waals surface area contributed by atoms with Gasteiger partial charge in [-0.3, -0.25) is 0 Å². The van der Waals surface area contributed by atoms with Crippen LogP contribution in [-0.2, 0) is 0 Å². The molecule has 0 radical (unpaired) electrons. The lowest BCUT2D eigenvalue weighted by Gasteiger charge is -2.23. The van der Waals surface area contributed by atoms with Crippen LogP contribution in [0.3, 0.4) is 0 Å². The zero-order chi connectivity index (χ0) is 13.5. The van der Waals surface area contributed by atoms with E-state index in [1.165, 1.54) is 49.7 Å². The van der Waals surface area contributed by atoms with Crippen molar-refractivity contribution in [3.05, 3.63) is 47.0 Å². The molecule has 0 saturated heterocycles. The topological polar surface area (TPSA) is 12.0 Å². The van der Waals surface area contributed by atoms with E-state index in [2.05, 4.69) is 49.5 Å². The maximum atomic E-state index is 3.72. The Morgan fingerprint density at radius 1 is 1.26 bits per heavy atom. The normalized spacial score (nSPS) is 17.1. The Balaban J connectivity index is 2.08. The molecule has 0 bridgehead atoms. The maximum absolute atomic E-state index is 3.72. The van der Waals surface area contributed by atoms with Crippen LogP contribution < -0.4 is 5.32 Å². The quantitative estimate of drug-likeness (QED) is 0.713. The summed E-state index contributed by atoms with van der Waals surface area (Å²) in [6.07, 6.45) is 10.2. The molecule has 0 heterocycles. The number of nitrogens with one attached hydrogen (secondary N) is 1. The van der Waals surface area contributed by atoms with Crippen LogP contribution in [0.2, 0.25) is 0 Å². The minimum absolute atomic E-state index is 0.490. The third-order valence-corrected chi connectivity index (χ3v) is 3.94. The summed E-state index contributed by atoms with van der Waals surface area (Å²) in [5.41, 5.74) is 4.46. The van der Waals surface area contributed by atoms with Gasteiger partial charge in [0.15, 0.2) is 0 Å². The first kappa shape index (κ1) is 14.3. The lowest BCUT2D eigenvalue weighted by Crippen LogP contribution is -2.23. The smallest absolute Gasteiger partial charge is 0.0357 e. The van der Waals surface area contributed by atoms with E-state index in [9.17, 15) is 0 Å². The molecule has 2 rings (SSSR count). The van der Waals surface area contributed by atoms with Gasteiger partial charge in [-0.1, -0.05) is 48.4 Å². The highest BCUT2D eigenvalue weighted by atomic mass is 14.9. The third kappa shape index (κ3) is 4.50. The second kappa shape index (κ2) is 7.49. The molecule has 0 spiro atoms. The second-order valence-corrected chi connectivity index (χ2v) is 5.73. The molecule has 1 heteroatoms. The fourth-order valence-electron chi connectivity index (χ4n) is 2.87. The van der Waals surface area contributed by atoms with Gasteiger partial charge in [0.2, 0.25) is 0 Å². The maximum Gasteiger partial charge on any atom is 0.0357 e. The Hall–Kier alpha value is -1.08. The van der Waals surface area contributed by atoms with Crippen LogP contribution in [0.5, 0.6) is 0 Å². The van der Waals surface area contributed by atoms with Crippen molar-refractivity contribution >= 4 is 0 Å². The lowest BCUT2D eigenvalue weighted by molar-refractivity contribution is 0.511. The third-order valence-electron chi connectivity index (χ3n) is 3.94. The molecule has 104 valence electrons. The van der Waals surface area contributed by atoms with Gasteiger partial charge in [0.25, 0.3) is 0 Å². The molecule has 1 aromatic rings. The van der Waals surface area contributed by atoms with Crippen molar-refractivity contribution in [1.29, 1.82) is 0 Å². The van der Waals surface area contributed by atoms with Gasteiger partial charge in [0.1, 0.15) is 0 Å². The van der Waals surface area contributed by atoms with Crippen LogP contribution >= 0.6 is 0 Å². The summed E-state index contributed by atoms with van der Waals surface area (Å²) in [6, 6.07) is 9.45. The van der Waals surface area contributed by atoms with E-state index in [1.807, 2.05) is 0 Å². The fourth-order valence-corrected chi connectivity index (χ4v) is 2.87. The zero-order valence-electron chi connectivity index (χ0n) is 12.4. The zero-order valence-corrected chi connectivity index (χ0v) is 12.4. The molecule has 1 aliphatic rings. The van der Waals surface area contributed by atoms with Crippen molar-refractivity contribution in [3.63, 3.8) is 0 Å². The molecule has 0 aromatic heterocycles. The lowest BCUT2D eigenvalue weighted by atomic mass is 9.91. The van der Waals surface area contributed by atoms with E-state index in [-0.39, 0.29) is 0 Å². The van der Waals surface area contributed by atoms with Gasteiger partial charge in [-0.2, -0.15) is 0 Å². The molecule has 1 atom stereocenters. The van der Waals surface area contributed by atoms with Gasteiger partial charge < -0.3 is 5.32 Å². The average Bonchev–Trinajstić information content (AvgIpc) is 2.44. The second-order valence-electron chi connectivity index (χ2n) is 5.73. The molecule has 19 heavy (non-hydrogen) atoms. The standard InChI is InChI=1S/C18H27N/c1-3-12-19-18(14-16-9-5-4-6-10-16)17-11-7-8-15(2)13-17/h7-9,11,13,18-19H,3-6,10,12,14H2,1-2H3.